The smallest absolute Gasteiger partial charge is 0.341 e. The third-order valence-corrected chi connectivity index (χ3v) is 5.31. The highest BCUT2D eigenvalue weighted by atomic mass is 32.1. The third-order valence-electron chi connectivity index (χ3n) is 4.39. The number of thiophene rings is 1. The van der Waals surface area contributed by atoms with Crippen molar-refractivity contribution in [3.8, 4) is 16.2 Å². The van der Waals surface area contributed by atoms with Gasteiger partial charge in [-0.25, -0.2) is 4.79 Å². The molecule has 1 aromatic carbocycles. The standard InChI is InChI=1S/C19H22N2O4S/c1-2-21-8-7-20(12-18(21)22)11-15-10-14(17-4-3-9-26-17)5-6-16(15)25-13-19(23)24/h3-6,9-10H,2,7-8,11-13H2,1H3,(H,23,24). The number of hydrogen-bond donors (Lipinski definition) is 1. The van der Waals surface area contributed by atoms with Crippen LogP contribution >= 0.6 is 11.3 Å². The Balaban J connectivity index is 1.81. The van der Waals surface area contributed by atoms with Gasteiger partial charge < -0.3 is 14.7 Å². The van der Waals surface area contributed by atoms with Crippen LogP contribution in [0.3, 0.4) is 0 Å². The topological polar surface area (TPSA) is 70.1 Å². The van der Waals surface area contributed by atoms with Crippen LogP contribution in [0.1, 0.15) is 12.5 Å². The SMILES string of the molecule is CCN1CCN(Cc2cc(-c3cccs3)ccc2OCC(=O)O)CC1=O. The molecule has 6 nitrogen and oxygen atoms in total. The number of likely N-dealkylation sites (N-methyl/N-ethyl adjacent to an activating group) is 1. The van der Waals surface area contributed by atoms with E-state index in [1.54, 1.807) is 11.3 Å². The van der Waals surface area contributed by atoms with E-state index in [-0.39, 0.29) is 12.5 Å². The van der Waals surface area contributed by atoms with Crippen molar-refractivity contribution in [3.05, 3.63) is 41.3 Å². The van der Waals surface area contributed by atoms with Crippen LogP contribution in [0.15, 0.2) is 35.7 Å². The minimum absolute atomic E-state index is 0.126. The monoisotopic (exact) mass is 374 g/mol. The minimum Gasteiger partial charge on any atom is -0.482 e. The van der Waals surface area contributed by atoms with E-state index in [2.05, 4.69) is 4.90 Å². The number of rotatable bonds is 7. The lowest BCUT2D eigenvalue weighted by molar-refractivity contribution is -0.139. The molecule has 0 spiro atoms. The van der Waals surface area contributed by atoms with E-state index in [1.165, 1.54) is 0 Å². The lowest BCUT2D eigenvalue weighted by Gasteiger charge is -2.34. The Morgan fingerprint density at radius 2 is 2.15 bits per heavy atom. The first-order valence-corrected chi connectivity index (χ1v) is 9.46. The summed E-state index contributed by atoms with van der Waals surface area (Å²) in [6, 6.07) is 9.83. The Hall–Kier alpha value is -2.38. The van der Waals surface area contributed by atoms with Gasteiger partial charge in [0.2, 0.25) is 5.91 Å². The molecule has 7 heteroatoms. The summed E-state index contributed by atoms with van der Waals surface area (Å²) in [5.74, 6) is -0.329. The number of carbonyl (C=O) groups excluding carboxylic acids is 1. The van der Waals surface area contributed by atoms with Gasteiger partial charge in [0.1, 0.15) is 5.75 Å². The molecule has 1 aromatic heterocycles. The van der Waals surface area contributed by atoms with Crippen LogP contribution in [0.5, 0.6) is 5.75 Å². The fourth-order valence-electron chi connectivity index (χ4n) is 3.05. The first-order valence-electron chi connectivity index (χ1n) is 8.58. The number of carboxylic acid groups (broad SMARTS) is 1. The van der Waals surface area contributed by atoms with Crippen LogP contribution in [-0.2, 0) is 16.1 Å². The number of hydrogen-bond acceptors (Lipinski definition) is 5. The fourth-order valence-corrected chi connectivity index (χ4v) is 3.77. The lowest BCUT2D eigenvalue weighted by Crippen LogP contribution is -2.49. The third kappa shape index (κ3) is 4.42. The minimum atomic E-state index is -1.01. The molecule has 1 aliphatic heterocycles. The van der Waals surface area contributed by atoms with E-state index in [0.29, 0.717) is 25.4 Å². The molecule has 2 heterocycles. The van der Waals surface area contributed by atoms with Crippen molar-refractivity contribution in [2.45, 2.75) is 13.5 Å². The lowest BCUT2D eigenvalue weighted by atomic mass is 10.1. The summed E-state index contributed by atoms with van der Waals surface area (Å²) in [6.07, 6.45) is 0. The number of aliphatic carboxylic acids is 1. The number of amides is 1. The van der Waals surface area contributed by atoms with E-state index >= 15 is 0 Å². The molecule has 0 saturated carbocycles. The summed E-state index contributed by atoms with van der Waals surface area (Å²) in [5.41, 5.74) is 1.96. The molecule has 1 amide bonds. The van der Waals surface area contributed by atoms with Gasteiger partial charge in [0.05, 0.1) is 6.54 Å². The Kier molecular flexibility index (Phi) is 5.90. The zero-order valence-electron chi connectivity index (χ0n) is 14.7. The van der Waals surface area contributed by atoms with Gasteiger partial charge in [-0.3, -0.25) is 9.69 Å². The molecule has 138 valence electrons. The van der Waals surface area contributed by atoms with Crippen LogP contribution in [0.2, 0.25) is 0 Å². The molecule has 0 bridgehead atoms. The van der Waals surface area contributed by atoms with Crippen LogP contribution < -0.4 is 4.74 Å². The highest BCUT2D eigenvalue weighted by Crippen LogP contribution is 2.30. The zero-order valence-corrected chi connectivity index (χ0v) is 15.5. The molecule has 1 aliphatic rings. The number of benzene rings is 1. The van der Waals surface area contributed by atoms with Crippen molar-refractivity contribution in [2.24, 2.45) is 0 Å². The highest BCUT2D eigenvalue weighted by Gasteiger charge is 2.23. The Labute approximate surface area is 156 Å². The largest absolute Gasteiger partial charge is 0.482 e. The molecule has 26 heavy (non-hydrogen) atoms. The van der Waals surface area contributed by atoms with Crippen LogP contribution in [0.25, 0.3) is 10.4 Å². The molecule has 0 atom stereocenters. The van der Waals surface area contributed by atoms with E-state index in [4.69, 9.17) is 9.84 Å². The van der Waals surface area contributed by atoms with Gasteiger partial charge in [-0.2, -0.15) is 0 Å². The van der Waals surface area contributed by atoms with E-state index < -0.39 is 5.97 Å². The second-order valence-corrected chi connectivity index (χ2v) is 7.11. The van der Waals surface area contributed by atoms with Crippen molar-refractivity contribution < 1.29 is 19.4 Å². The summed E-state index contributed by atoms with van der Waals surface area (Å²) in [4.78, 5) is 28.1. The van der Waals surface area contributed by atoms with Crippen molar-refractivity contribution in [1.82, 2.24) is 9.80 Å². The number of piperazine rings is 1. The second kappa shape index (κ2) is 8.33. The predicted octanol–water partition coefficient (Wildman–Crippen LogP) is 2.54. The average molecular weight is 374 g/mol. The molecule has 1 N–H and O–H groups in total. The summed E-state index contributed by atoms with van der Waals surface area (Å²) in [5, 5.41) is 10.9. The molecule has 0 unspecified atom stereocenters. The van der Waals surface area contributed by atoms with Crippen LogP contribution in [0, 0.1) is 0 Å². The van der Waals surface area contributed by atoms with E-state index in [1.807, 2.05) is 47.5 Å². The second-order valence-electron chi connectivity index (χ2n) is 6.17. The van der Waals surface area contributed by atoms with Crippen molar-refractivity contribution >= 4 is 23.2 Å². The predicted molar refractivity (Wildman–Crippen MR) is 100 cm³/mol. The molecule has 0 aliphatic carbocycles. The van der Waals surface area contributed by atoms with Gasteiger partial charge >= 0.3 is 5.97 Å². The summed E-state index contributed by atoms with van der Waals surface area (Å²) < 4.78 is 5.46. The molecular weight excluding hydrogens is 352 g/mol. The van der Waals surface area contributed by atoms with Crippen molar-refractivity contribution in [3.63, 3.8) is 0 Å². The maximum atomic E-state index is 12.2. The van der Waals surface area contributed by atoms with Gasteiger partial charge in [0.15, 0.2) is 6.61 Å². The maximum absolute atomic E-state index is 12.2. The van der Waals surface area contributed by atoms with Gasteiger partial charge in [0.25, 0.3) is 0 Å². The van der Waals surface area contributed by atoms with E-state index in [9.17, 15) is 9.59 Å². The highest BCUT2D eigenvalue weighted by molar-refractivity contribution is 7.13. The molecule has 0 radical (unpaired) electrons. The fraction of sp³-hybridized carbons (Fsp3) is 0.368. The first kappa shape index (κ1) is 18.4. The van der Waals surface area contributed by atoms with Crippen molar-refractivity contribution in [2.75, 3.05) is 32.8 Å². The Bertz CT molecular complexity index is 776. The average Bonchev–Trinajstić information content (AvgIpc) is 3.15. The Morgan fingerprint density at radius 3 is 2.81 bits per heavy atom. The molecule has 3 rings (SSSR count). The number of ether oxygens (including phenoxy) is 1. The summed E-state index contributed by atoms with van der Waals surface area (Å²) in [7, 11) is 0. The number of carbonyl (C=O) groups is 2. The zero-order chi connectivity index (χ0) is 18.5. The first-order chi connectivity index (χ1) is 12.6. The van der Waals surface area contributed by atoms with Gasteiger partial charge in [-0.1, -0.05) is 6.07 Å². The molecule has 1 fully saturated rings. The normalized spacial score (nSPS) is 15.3. The van der Waals surface area contributed by atoms with Gasteiger partial charge in [-0.15, -0.1) is 11.3 Å². The molecular formula is C19H22N2O4S. The summed E-state index contributed by atoms with van der Waals surface area (Å²) >= 11 is 1.65. The van der Waals surface area contributed by atoms with Crippen LogP contribution in [-0.4, -0.2) is 59.6 Å². The molecule has 1 saturated heterocycles. The van der Waals surface area contributed by atoms with E-state index in [0.717, 1.165) is 29.1 Å². The quantitative estimate of drug-likeness (QED) is 0.807. The number of nitrogens with zero attached hydrogens (tertiary/aromatic N) is 2. The Morgan fingerprint density at radius 1 is 1.31 bits per heavy atom. The molecule has 2 aromatic rings. The van der Waals surface area contributed by atoms with Crippen molar-refractivity contribution in [1.29, 1.82) is 0 Å². The van der Waals surface area contributed by atoms with Crippen LogP contribution in [0.4, 0.5) is 0 Å². The maximum Gasteiger partial charge on any atom is 0.341 e. The number of carboxylic acids is 1. The van der Waals surface area contributed by atoms with Gasteiger partial charge in [0, 0.05) is 36.6 Å². The summed E-state index contributed by atoms with van der Waals surface area (Å²) in [6.45, 7) is 4.76. The van der Waals surface area contributed by atoms with Gasteiger partial charge in [-0.05, 0) is 42.1 Å².